The molecule has 0 saturated heterocycles. The molecule has 1 atom stereocenters. The van der Waals surface area contributed by atoms with Crippen molar-refractivity contribution >= 4 is 49.3 Å². The molecule has 3 rings (SSSR count). The van der Waals surface area contributed by atoms with Crippen molar-refractivity contribution in [3.8, 4) is 0 Å². The molecule has 0 N–H and O–H groups in total. The van der Waals surface area contributed by atoms with Gasteiger partial charge in [-0.1, -0.05) is 42.1 Å². The number of fused-ring (bicyclic) bond motifs is 1. The Morgan fingerprint density at radius 3 is 2.35 bits per heavy atom. The molecule has 3 heteroatoms. The Labute approximate surface area is 125 Å². The first-order valence-corrected chi connectivity index (χ1v) is 6.34. The summed E-state index contributed by atoms with van der Waals surface area (Å²) < 4.78 is 0. The molecule has 2 aromatic carbocycles. The van der Waals surface area contributed by atoms with Crippen LogP contribution in [0.25, 0.3) is 0 Å². The number of nitrogens with zero attached hydrogens (tertiary/aromatic N) is 1. The molecule has 85 valence electrons. The zero-order chi connectivity index (χ0) is 11.0. The predicted octanol–water partition coefficient (Wildman–Crippen LogP) is 3.90. The van der Waals surface area contributed by atoms with Crippen molar-refractivity contribution in [1.29, 1.82) is 0 Å². The van der Waals surface area contributed by atoms with E-state index in [1.165, 1.54) is 16.3 Å². The molecule has 0 fully saturated rings. The van der Waals surface area contributed by atoms with Gasteiger partial charge in [-0.3, -0.25) is 0 Å². The Kier molecular flexibility index (Phi) is 4.11. The van der Waals surface area contributed by atoms with Crippen LogP contribution in [0.15, 0.2) is 59.5 Å². The summed E-state index contributed by atoms with van der Waals surface area (Å²) in [6.45, 7) is 2.25. The monoisotopic (exact) mass is 436 g/mol. The smallest absolute Gasteiger partial charge is 0.0818 e. The molecule has 1 unspecified atom stereocenters. The van der Waals surface area contributed by atoms with Crippen LogP contribution in [0.4, 0.5) is 11.4 Å². The van der Waals surface area contributed by atoms with E-state index < -0.39 is 0 Å². The minimum absolute atomic E-state index is 0. The van der Waals surface area contributed by atoms with Crippen LogP contribution in [0.1, 0.15) is 6.92 Å². The van der Waals surface area contributed by atoms with Crippen LogP contribution in [0.2, 0.25) is 0 Å². The number of anilines is 2. The predicted molar refractivity (Wildman–Crippen MR) is 76.1 cm³/mol. The van der Waals surface area contributed by atoms with Crippen molar-refractivity contribution in [2.24, 2.45) is 0 Å². The summed E-state index contributed by atoms with van der Waals surface area (Å²) in [6, 6.07) is 19.2. The second-order valence-electron chi connectivity index (χ2n) is 3.89. The van der Waals surface area contributed by atoms with Gasteiger partial charge in [0.25, 0.3) is 0 Å². The Hall–Kier alpha value is -0.527. The van der Waals surface area contributed by atoms with Gasteiger partial charge in [0.05, 0.1) is 11.1 Å². The van der Waals surface area contributed by atoms with E-state index >= 15 is 0 Å². The van der Waals surface area contributed by atoms with Crippen molar-refractivity contribution in [2.75, 3.05) is 4.90 Å². The first-order chi connectivity index (χ1) is 7.86. The zero-order valence-corrected chi connectivity index (χ0v) is 13.9. The topological polar surface area (TPSA) is 3.24 Å². The number of rotatable bonds is 1. The van der Waals surface area contributed by atoms with Crippen LogP contribution < -0.4 is 4.90 Å². The molecule has 1 heterocycles. The number of hydrogen-bond acceptors (Lipinski definition) is 2. The normalized spacial score (nSPS) is 17.5. The number of hydrogen-bond donors (Lipinski definition) is 0. The summed E-state index contributed by atoms with van der Waals surface area (Å²) >= 11 is 1.92. The van der Waals surface area contributed by atoms with Crippen molar-refractivity contribution in [3.05, 3.63) is 54.6 Å². The molecule has 2 aromatic rings. The molecule has 0 aromatic heterocycles. The standard InChI is InChI=1S/C14H13NS.Bi/c1-11-15(12-7-3-2-4-8-12)13-9-5-6-10-14(13)16-11;/h2-11H,1H3;. The molecular formula is C14H13BiNS. The van der Waals surface area contributed by atoms with Crippen LogP contribution in [0.5, 0.6) is 0 Å². The molecule has 0 saturated carbocycles. The minimum Gasteiger partial charge on any atom is -0.328 e. The van der Waals surface area contributed by atoms with Crippen LogP contribution in [-0.4, -0.2) is 31.6 Å². The van der Waals surface area contributed by atoms with E-state index in [1.807, 2.05) is 11.8 Å². The second kappa shape index (κ2) is 5.41. The van der Waals surface area contributed by atoms with Crippen molar-refractivity contribution < 1.29 is 0 Å². The third-order valence-corrected chi connectivity index (χ3v) is 3.97. The molecule has 3 radical (unpaired) electrons. The maximum Gasteiger partial charge on any atom is 0.0818 e. The Morgan fingerprint density at radius 2 is 1.59 bits per heavy atom. The van der Waals surface area contributed by atoms with Crippen LogP contribution >= 0.6 is 11.8 Å². The van der Waals surface area contributed by atoms with Gasteiger partial charge in [0, 0.05) is 36.8 Å². The molecule has 0 aliphatic carbocycles. The van der Waals surface area contributed by atoms with E-state index in [1.54, 1.807) is 0 Å². The maximum absolute atomic E-state index is 2.39. The zero-order valence-electron chi connectivity index (χ0n) is 9.58. The molecule has 1 aliphatic heterocycles. The number of thioether (sulfide) groups is 1. The largest absolute Gasteiger partial charge is 0.328 e. The fourth-order valence-corrected chi connectivity index (χ4v) is 3.28. The van der Waals surface area contributed by atoms with Crippen LogP contribution in [-0.2, 0) is 0 Å². The average molecular weight is 436 g/mol. The Bertz CT molecular complexity index is 501. The van der Waals surface area contributed by atoms with Gasteiger partial charge >= 0.3 is 0 Å². The first kappa shape index (κ1) is 12.9. The molecule has 0 amide bonds. The summed E-state index contributed by atoms with van der Waals surface area (Å²) in [6.07, 6.45) is 0. The summed E-state index contributed by atoms with van der Waals surface area (Å²) in [5, 5.41) is 0.472. The van der Waals surface area contributed by atoms with E-state index in [-0.39, 0.29) is 26.2 Å². The second-order valence-corrected chi connectivity index (χ2v) is 5.25. The third kappa shape index (κ3) is 2.36. The maximum atomic E-state index is 2.39. The van der Waals surface area contributed by atoms with E-state index in [9.17, 15) is 0 Å². The fraction of sp³-hybridized carbons (Fsp3) is 0.143. The molecule has 1 nitrogen and oxygen atoms in total. The quantitative estimate of drug-likeness (QED) is 0.625. The van der Waals surface area contributed by atoms with Crippen molar-refractivity contribution in [2.45, 2.75) is 17.2 Å². The SMILES string of the molecule is CC1Sc2ccccc2N1c1ccccc1.[Bi]. The molecule has 1 aliphatic rings. The summed E-state index contributed by atoms with van der Waals surface area (Å²) in [5.41, 5.74) is 2.60. The van der Waals surface area contributed by atoms with Gasteiger partial charge in [0.2, 0.25) is 0 Å². The van der Waals surface area contributed by atoms with E-state index in [0.29, 0.717) is 5.37 Å². The Morgan fingerprint density at radius 1 is 0.941 bits per heavy atom. The third-order valence-electron chi connectivity index (χ3n) is 2.82. The van der Waals surface area contributed by atoms with Gasteiger partial charge in [-0.05, 0) is 31.2 Å². The number of para-hydroxylation sites is 2. The van der Waals surface area contributed by atoms with Gasteiger partial charge in [0.1, 0.15) is 0 Å². The Balaban J connectivity index is 0.00000108. The first-order valence-electron chi connectivity index (χ1n) is 5.46. The molecule has 17 heavy (non-hydrogen) atoms. The van der Waals surface area contributed by atoms with Crippen LogP contribution in [0, 0.1) is 0 Å². The van der Waals surface area contributed by atoms with Crippen molar-refractivity contribution in [1.82, 2.24) is 0 Å². The summed E-state index contributed by atoms with van der Waals surface area (Å²) in [5.74, 6) is 0. The van der Waals surface area contributed by atoms with Gasteiger partial charge in [-0.25, -0.2) is 0 Å². The van der Waals surface area contributed by atoms with Crippen molar-refractivity contribution in [3.63, 3.8) is 0 Å². The van der Waals surface area contributed by atoms with Gasteiger partial charge in [0.15, 0.2) is 0 Å². The molecule has 0 bridgehead atoms. The van der Waals surface area contributed by atoms with E-state index in [0.717, 1.165) is 0 Å². The molecular weight excluding hydrogens is 423 g/mol. The van der Waals surface area contributed by atoms with E-state index in [4.69, 9.17) is 0 Å². The van der Waals surface area contributed by atoms with E-state index in [2.05, 4.69) is 66.4 Å². The number of benzene rings is 2. The van der Waals surface area contributed by atoms with Gasteiger partial charge < -0.3 is 4.90 Å². The summed E-state index contributed by atoms with van der Waals surface area (Å²) in [7, 11) is 0. The summed E-state index contributed by atoms with van der Waals surface area (Å²) in [4.78, 5) is 3.76. The fourth-order valence-electron chi connectivity index (χ4n) is 2.13. The average Bonchev–Trinajstić information content (AvgIpc) is 2.66. The molecule has 0 spiro atoms. The minimum atomic E-state index is 0. The van der Waals surface area contributed by atoms with Gasteiger partial charge in [-0.2, -0.15) is 0 Å². The van der Waals surface area contributed by atoms with Crippen LogP contribution in [0.3, 0.4) is 0 Å². The van der Waals surface area contributed by atoms with Gasteiger partial charge in [-0.15, -0.1) is 0 Å².